The van der Waals surface area contributed by atoms with Crippen LogP contribution < -0.4 is 0 Å². The average Bonchev–Trinajstić information content (AvgIpc) is 3.33. The molecule has 1 aromatic rings. The highest BCUT2D eigenvalue weighted by molar-refractivity contribution is 8.00. The van der Waals surface area contributed by atoms with E-state index in [1.54, 1.807) is 18.4 Å². The molecule has 0 N–H and O–H groups in total. The summed E-state index contributed by atoms with van der Waals surface area (Å²) in [6.45, 7) is 6.53. The monoisotopic (exact) mass is 378 g/mol. The molecule has 0 aromatic carbocycles. The summed E-state index contributed by atoms with van der Waals surface area (Å²) < 4.78 is 5.32. The molecule has 1 unspecified atom stereocenters. The zero-order valence-corrected chi connectivity index (χ0v) is 16.7. The zero-order valence-electron chi connectivity index (χ0n) is 15.9. The van der Waals surface area contributed by atoms with E-state index >= 15 is 0 Å². The van der Waals surface area contributed by atoms with E-state index in [1.165, 1.54) is 0 Å². The summed E-state index contributed by atoms with van der Waals surface area (Å²) in [5.74, 6) is 1.81. The van der Waals surface area contributed by atoms with E-state index in [0.717, 1.165) is 63.9 Å². The Balaban J connectivity index is 1.63. The number of unbranched alkanes of at least 4 members (excludes halogenated alkanes) is 1. The molecule has 1 spiro atoms. The van der Waals surface area contributed by atoms with E-state index < -0.39 is 0 Å². The maximum atomic E-state index is 12.9. The molecule has 0 bridgehead atoms. The first-order valence-corrected chi connectivity index (χ1v) is 10.9. The van der Waals surface area contributed by atoms with Crippen molar-refractivity contribution in [3.63, 3.8) is 0 Å². The summed E-state index contributed by atoms with van der Waals surface area (Å²) in [6.07, 6.45) is 7.39. The summed E-state index contributed by atoms with van der Waals surface area (Å²) in [4.78, 5) is 29.5. The second kappa shape index (κ2) is 8.51. The van der Waals surface area contributed by atoms with Crippen molar-refractivity contribution in [2.75, 3.05) is 25.4 Å². The number of likely N-dealkylation sites (tertiary alicyclic amines) is 1. The number of amides is 2. The molecule has 144 valence electrons. The molecule has 5 nitrogen and oxygen atoms in total. The van der Waals surface area contributed by atoms with Gasteiger partial charge in [-0.25, -0.2) is 0 Å². The molecule has 1 aromatic heterocycles. The minimum absolute atomic E-state index is 0.0193. The maximum absolute atomic E-state index is 12.9. The highest BCUT2D eigenvalue weighted by Crippen LogP contribution is 2.44. The third-order valence-electron chi connectivity index (χ3n) is 5.76. The molecule has 26 heavy (non-hydrogen) atoms. The number of thioether (sulfide) groups is 1. The van der Waals surface area contributed by atoms with Gasteiger partial charge >= 0.3 is 0 Å². The standard InChI is InChI=1S/C20H30N2O3S/c1-3-5-7-16(4-2)18(23)21-11-9-20(10-12-21)22(13-15-26-20)19(24)17-8-6-14-25-17/h6,8,14,16H,3-5,7,9-13,15H2,1-2H3. The normalized spacial score (nSPS) is 20.5. The number of carbonyl (C=O) groups is 2. The van der Waals surface area contributed by atoms with Crippen LogP contribution in [0.15, 0.2) is 22.8 Å². The van der Waals surface area contributed by atoms with Crippen LogP contribution in [0, 0.1) is 5.92 Å². The molecule has 6 heteroatoms. The molecule has 2 aliphatic heterocycles. The minimum atomic E-state index is -0.175. The summed E-state index contributed by atoms with van der Waals surface area (Å²) in [5, 5.41) is 0. The van der Waals surface area contributed by atoms with Crippen LogP contribution in [0.4, 0.5) is 0 Å². The Kier molecular flexibility index (Phi) is 6.33. The van der Waals surface area contributed by atoms with Gasteiger partial charge in [0.2, 0.25) is 5.91 Å². The molecule has 0 aliphatic carbocycles. The van der Waals surface area contributed by atoms with E-state index in [9.17, 15) is 9.59 Å². The lowest BCUT2D eigenvalue weighted by Gasteiger charge is -2.44. The molecule has 2 aliphatic rings. The number of carbonyl (C=O) groups excluding carboxylic acids is 2. The zero-order chi connectivity index (χ0) is 18.6. The fourth-order valence-electron chi connectivity index (χ4n) is 4.13. The van der Waals surface area contributed by atoms with Gasteiger partial charge in [0, 0.05) is 31.3 Å². The second-order valence-corrected chi connectivity index (χ2v) is 8.76. The van der Waals surface area contributed by atoms with Gasteiger partial charge in [0.15, 0.2) is 5.76 Å². The molecule has 2 fully saturated rings. The number of hydrogen-bond donors (Lipinski definition) is 0. The number of piperidine rings is 1. The molecule has 3 rings (SSSR count). The first-order valence-electron chi connectivity index (χ1n) is 9.89. The highest BCUT2D eigenvalue weighted by atomic mass is 32.2. The van der Waals surface area contributed by atoms with Crippen molar-refractivity contribution < 1.29 is 14.0 Å². The first kappa shape index (κ1) is 19.3. The van der Waals surface area contributed by atoms with Crippen molar-refractivity contribution in [3.05, 3.63) is 24.2 Å². The van der Waals surface area contributed by atoms with Gasteiger partial charge in [-0.3, -0.25) is 9.59 Å². The van der Waals surface area contributed by atoms with Crippen molar-refractivity contribution in [3.8, 4) is 0 Å². The molecule has 0 radical (unpaired) electrons. The topological polar surface area (TPSA) is 53.8 Å². The van der Waals surface area contributed by atoms with Gasteiger partial charge < -0.3 is 14.2 Å². The van der Waals surface area contributed by atoms with E-state index in [4.69, 9.17) is 4.42 Å². The van der Waals surface area contributed by atoms with E-state index in [-0.39, 0.29) is 16.7 Å². The molecular formula is C20H30N2O3S. The van der Waals surface area contributed by atoms with Crippen molar-refractivity contribution in [2.45, 2.75) is 57.2 Å². The Bertz CT molecular complexity index is 609. The quantitative estimate of drug-likeness (QED) is 0.751. The van der Waals surface area contributed by atoms with Crippen LogP contribution in [-0.2, 0) is 4.79 Å². The molecule has 0 saturated carbocycles. The van der Waals surface area contributed by atoms with Crippen LogP contribution in [0.25, 0.3) is 0 Å². The van der Waals surface area contributed by atoms with Crippen LogP contribution in [0.3, 0.4) is 0 Å². The van der Waals surface area contributed by atoms with Gasteiger partial charge in [0.1, 0.15) is 0 Å². The lowest BCUT2D eigenvalue weighted by Crippen LogP contribution is -2.54. The lowest BCUT2D eigenvalue weighted by atomic mass is 9.95. The number of furan rings is 1. The molecule has 2 amide bonds. The summed E-state index contributed by atoms with van der Waals surface area (Å²) in [5.41, 5.74) is 0. The predicted molar refractivity (Wildman–Crippen MR) is 104 cm³/mol. The summed E-state index contributed by atoms with van der Waals surface area (Å²) >= 11 is 1.87. The fourth-order valence-corrected chi connectivity index (χ4v) is 5.59. The van der Waals surface area contributed by atoms with Gasteiger partial charge in [-0.1, -0.05) is 26.7 Å². The van der Waals surface area contributed by atoms with Crippen molar-refractivity contribution in [2.24, 2.45) is 5.92 Å². The smallest absolute Gasteiger partial charge is 0.290 e. The van der Waals surface area contributed by atoms with Crippen molar-refractivity contribution in [1.29, 1.82) is 0 Å². The van der Waals surface area contributed by atoms with Crippen molar-refractivity contribution >= 4 is 23.6 Å². The number of nitrogens with zero attached hydrogens (tertiary/aromatic N) is 2. The van der Waals surface area contributed by atoms with Crippen LogP contribution >= 0.6 is 11.8 Å². The molecule has 1 atom stereocenters. The minimum Gasteiger partial charge on any atom is -0.459 e. The Morgan fingerprint density at radius 1 is 1.27 bits per heavy atom. The molecule has 2 saturated heterocycles. The Morgan fingerprint density at radius 3 is 2.65 bits per heavy atom. The van der Waals surface area contributed by atoms with Crippen LogP contribution in [0.1, 0.15) is 62.9 Å². The average molecular weight is 379 g/mol. The third-order valence-corrected chi connectivity index (χ3v) is 7.31. The Hall–Kier alpha value is -1.43. The van der Waals surface area contributed by atoms with Gasteiger partial charge in [0.25, 0.3) is 5.91 Å². The second-order valence-electron chi connectivity index (χ2n) is 7.30. The summed E-state index contributed by atoms with van der Waals surface area (Å²) in [6, 6.07) is 3.49. The van der Waals surface area contributed by atoms with Gasteiger partial charge in [-0.2, -0.15) is 0 Å². The van der Waals surface area contributed by atoms with Crippen LogP contribution in [0.2, 0.25) is 0 Å². The van der Waals surface area contributed by atoms with Crippen molar-refractivity contribution in [1.82, 2.24) is 9.80 Å². The maximum Gasteiger partial charge on any atom is 0.290 e. The fraction of sp³-hybridized carbons (Fsp3) is 0.700. The van der Waals surface area contributed by atoms with E-state index in [2.05, 4.69) is 13.8 Å². The lowest BCUT2D eigenvalue weighted by molar-refractivity contribution is -0.137. The number of hydrogen-bond acceptors (Lipinski definition) is 4. The first-order chi connectivity index (χ1) is 12.6. The van der Waals surface area contributed by atoms with E-state index in [1.807, 2.05) is 21.6 Å². The van der Waals surface area contributed by atoms with Gasteiger partial charge in [-0.15, -0.1) is 11.8 Å². The van der Waals surface area contributed by atoms with E-state index in [0.29, 0.717) is 11.7 Å². The SMILES string of the molecule is CCCCC(CC)C(=O)N1CCC2(CC1)SCCN2C(=O)c1ccco1. The Labute approximate surface area is 160 Å². The molecule has 3 heterocycles. The third kappa shape index (κ3) is 3.80. The number of rotatable bonds is 6. The van der Waals surface area contributed by atoms with Crippen LogP contribution in [0.5, 0.6) is 0 Å². The van der Waals surface area contributed by atoms with Crippen LogP contribution in [-0.4, -0.2) is 51.9 Å². The summed E-state index contributed by atoms with van der Waals surface area (Å²) in [7, 11) is 0. The Morgan fingerprint density at radius 2 is 2.04 bits per heavy atom. The predicted octanol–water partition coefficient (Wildman–Crippen LogP) is 4.00. The largest absolute Gasteiger partial charge is 0.459 e. The highest BCUT2D eigenvalue weighted by Gasteiger charge is 2.47. The van der Waals surface area contributed by atoms with Gasteiger partial charge in [-0.05, 0) is 37.8 Å². The molecular weight excluding hydrogens is 348 g/mol. The van der Waals surface area contributed by atoms with Gasteiger partial charge in [0.05, 0.1) is 11.1 Å².